The van der Waals surface area contributed by atoms with E-state index in [1.54, 1.807) is 25.7 Å². The van der Waals surface area contributed by atoms with Crippen LogP contribution in [0.25, 0.3) is 0 Å². The van der Waals surface area contributed by atoms with Crippen molar-refractivity contribution in [1.29, 1.82) is 0 Å². The molecular weight excluding hydrogens is 326 g/mol. The third kappa shape index (κ3) is 5.12. The van der Waals surface area contributed by atoms with Crippen molar-refractivity contribution in [1.82, 2.24) is 4.90 Å². The van der Waals surface area contributed by atoms with E-state index in [0.29, 0.717) is 0 Å². The summed E-state index contributed by atoms with van der Waals surface area (Å²) in [6, 6.07) is 2.79. The van der Waals surface area contributed by atoms with Crippen LogP contribution in [0.15, 0.2) is 0 Å². The van der Waals surface area contributed by atoms with Gasteiger partial charge in [0.15, 0.2) is 0 Å². The lowest BCUT2D eigenvalue weighted by Crippen LogP contribution is -2.52. The van der Waals surface area contributed by atoms with Crippen molar-refractivity contribution in [3.8, 4) is 0 Å². The second kappa shape index (κ2) is 9.64. The Kier molecular flexibility index (Phi) is 7.23. The molecule has 4 rings (SSSR count). The molecule has 4 aliphatic carbocycles. The summed E-state index contributed by atoms with van der Waals surface area (Å²) in [5, 5.41) is 0. The van der Waals surface area contributed by atoms with Gasteiger partial charge in [0.05, 0.1) is 0 Å². The third-order valence-electron chi connectivity index (χ3n) is 9.29. The highest BCUT2D eigenvalue weighted by Crippen LogP contribution is 2.42. The molecule has 4 aliphatic rings. The summed E-state index contributed by atoms with van der Waals surface area (Å²) in [6.07, 6.45) is 25.8. The van der Waals surface area contributed by atoms with Crippen LogP contribution in [0.2, 0.25) is 0 Å². The van der Waals surface area contributed by atoms with E-state index < -0.39 is 0 Å². The number of nitrogens with zero attached hydrogens (tertiary/aromatic N) is 1. The van der Waals surface area contributed by atoms with E-state index in [0.717, 1.165) is 41.8 Å². The van der Waals surface area contributed by atoms with Gasteiger partial charge in [-0.3, -0.25) is 4.90 Å². The van der Waals surface area contributed by atoms with Crippen molar-refractivity contribution in [2.45, 2.75) is 141 Å². The van der Waals surface area contributed by atoms with E-state index in [9.17, 15) is 0 Å². The maximum Gasteiger partial charge on any atom is 0.0101 e. The van der Waals surface area contributed by atoms with Crippen molar-refractivity contribution in [3.63, 3.8) is 0 Å². The van der Waals surface area contributed by atoms with Crippen LogP contribution in [-0.4, -0.2) is 23.0 Å². The summed E-state index contributed by atoms with van der Waals surface area (Å²) < 4.78 is 0. The minimum absolute atomic E-state index is 0.927. The quantitative estimate of drug-likeness (QED) is 0.490. The lowest BCUT2D eigenvalue weighted by atomic mass is 9.71. The van der Waals surface area contributed by atoms with Crippen molar-refractivity contribution in [2.75, 3.05) is 0 Å². The molecule has 0 aromatic rings. The van der Waals surface area contributed by atoms with E-state index in [4.69, 9.17) is 0 Å². The second-order valence-electron chi connectivity index (χ2n) is 11.2. The predicted molar refractivity (Wildman–Crippen MR) is 117 cm³/mol. The standard InChI is InChI=1S/C26H47N/c1-20-8-14-24(15-9-20)27(25-16-10-21(2)11-17-25)26-18-12-23(13-19-26)22-6-4-3-5-7-22/h20-26H,3-19H2,1-2H3. The van der Waals surface area contributed by atoms with Crippen LogP contribution in [0.1, 0.15) is 123 Å². The molecule has 0 N–H and O–H groups in total. The Labute approximate surface area is 170 Å². The molecule has 0 aromatic carbocycles. The fourth-order valence-electron chi connectivity index (χ4n) is 7.45. The molecule has 0 aromatic heterocycles. The Morgan fingerprint density at radius 2 is 0.778 bits per heavy atom. The molecule has 1 heteroatoms. The van der Waals surface area contributed by atoms with Crippen molar-refractivity contribution in [2.24, 2.45) is 23.7 Å². The fourth-order valence-corrected chi connectivity index (χ4v) is 7.45. The molecule has 156 valence electrons. The molecule has 0 aliphatic heterocycles. The molecule has 4 fully saturated rings. The van der Waals surface area contributed by atoms with Crippen LogP contribution in [-0.2, 0) is 0 Å². The zero-order chi connectivity index (χ0) is 18.6. The lowest BCUT2D eigenvalue weighted by Gasteiger charge is -2.50. The predicted octanol–water partition coefficient (Wildman–Crippen LogP) is 7.58. The average Bonchev–Trinajstić information content (AvgIpc) is 2.72. The maximum absolute atomic E-state index is 3.16. The summed E-state index contributed by atoms with van der Waals surface area (Å²) in [5.74, 6) is 4.15. The maximum atomic E-state index is 3.16. The van der Waals surface area contributed by atoms with Crippen LogP contribution < -0.4 is 0 Å². The third-order valence-corrected chi connectivity index (χ3v) is 9.29. The van der Waals surface area contributed by atoms with Crippen LogP contribution in [0, 0.1) is 23.7 Å². The van der Waals surface area contributed by atoms with Gasteiger partial charge in [0.25, 0.3) is 0 Å². The lowest BCUT2D eigenvalue weighted by molar-refractivity contribution is 0.000254. The van der Waals surface area contributed by atoms with Crippen LogP contribution in [0.5, 0.6) is 0 Å². The first-order valence-electron chi connectivity index (χ1n) is 13.0. The van der Waals surface area contributed by atoms with Crippen molar-refractivity contribution in [3.05, 3.63) is 0 Å². The fraction of sp³-hybridized carbons (Fsp3) is 1.00. The Morgan fingerprint density at radius 1 is 0.407 bits per heavy atom. The van der Waals surface area contributed by atoms with Crippen LogP contribution in [0.4, 0.5) is 0 Å². The summed E-state index contributed by atoms with van der Waals surface area (Å²) in [5.41, 5.74) is 0. The van der Waals surface area contributed by atoms with Crippen molar-refractivity contribution >= 4 is 0 Å². The molecular formula is C26H47N. The van der Waals surface area contributed by atoms with Gasteiger partial charge in [-0.15, -0.1) is 0 Å². The molecule has 0 unspecified atom stereocenters. The summed E-state index contributed by atoms with van der Waals surface area (Å²) in [6.45, 7) is 4.97. The molecule has 0 heterocycles. The van der Waals surface area contributed by atoms with Crippen molar-refractivity contribution < 1.29 is 0 Å². The highest BCUT2D eigenvalue weighted by molar-refractivity contribution is 4.93. The van der Waals surface area contributed by atoms with E-state index >= 15 is 0 Å². The van der Waals surface area contributed by atoms with Gasteiger partial charge < -0.3 is 0 Å². The van der Waals surface area contributed by atoms with Gasteiger partial charge in [0.1, 0.15) is 0 Å². The van der Waals surface area contributed by atoms with E-state index in [1.165, 1.54) is 83.5 Å². The van der Waals surface area contributed by atoms with Gasteiger partial charge in [-0.2, -0.15) is 0 Å². The highest BCUT2D eigenvalue weighted by atomic mass is 15.2. The molecule has 0 saturated heterocycles. The monoisotopic (exact) mass is 373 g/mol. The van der Waals surface area contributed by atoms with Gasteiger partial charge >= 0.3 is 0 Å². The topological polar surface area (TPSA) is 3.24 Å². The molecule has 0 amide bonds. The first-order valence-corrected chi connectivity index (χ1v) is 13.0. The minimum Gasteiger partial charge on any atom is -0.294 e. The Balaban J connectivity index is 1.38. The van der Waals surface area contributed by atoms with Gasteiger partial charge in [-0.05, 0) is 101 Å². The Hall–Kier alpha value is -0.0400. The zero-order valence-electron chi connectivity index (χ0n) is 18.5. The zero-order valence-corrected chi connectivity index (χ0v) is 18.5. The van der Waals surface area contributed by atoms with Gasteiger partial charge in [-0.1, -0.05) is 46.0 Å². The Morgan fingerprint density at radius 3 is 1.22 bits per heavy atom. The van der Waals surface area contributed by atoms with Gasteiger partial charge in [-0.25, -0.2) is 0 Å². The number of hydrogen-bond donors (Lipinski definition) is 0. The number of rotatable bonds is 4. The van der Waals surface area contributed by atoms with E-state index in [-0.39, 0.29) is 0 Å². The van der Waals surface area contributed by atoms with Crippen LogP contribution >= 0.6 is 0 Å². The number of hydrogen-bond acceptors (Lipinski definition) is 1. The molecule has 1 nitrogen and oxygen atoms in total. The molecule has 0 atom stereocenters. The Bertz CT molecular complexity index is 393. The van der Waals surface area contributed by atoms with E-state index in [2.05, 4.69) is 18.7 Å². The molecule has 0 spiro atoms. The minimum atomic E-state index is 0.927. The molecule has 0 radical (unpaired) electrons. The molecule has 27 heavy (non-hydrogen) atoms. The van der Waals surface area contributed by atoms with Gasteiger partial charge in [0, 0.05) is 18.1 Å². The van der Waals surface area contributed by atoms with E-state index in [1.807, 2.05) is 0 Å². The largest absolute Gasteiger partial charge is 0.294 e. The second-order valence-corrected chi connectivity index (χ2v) is 11.2. The normalized spacial score (nSPS) is 42.3. The smallest absolute Gasteiger partial charge is 0.0101 e. The van der Waals surface area contributed by atoms with Gasteiger partial charge in [0.2, 0.25) is 0 Å². The highest BCUT2D eigenvalue weighted by Gasteiger charge is 2.38. The first-order chi connectivity index (χ1) is 13.2. The molecule has 4 saturated carbocycles. The SMILES string of the molecule is CC1CCC(N(C2CCC(C)CC2)C2CCC(C3CCCCC3)CC2)CC1. The van der Waals surface area contributed by atoms with Crippen LogP contribution in [0.3, 0.4) is 0 Å². The first kappa shape index (κ1) is 20.2. The average molecular weight is 374 g/mol. The summed E-state index contributed by atoms with van der Waals surface area (Å²) in [4.78, 5) is 3.16. The summed E-state index contributed by atoms with van der Waals surface area (Å²) in [7, 11) is 0. The summed E-state index contributed by atoms with van der Waals surface area (Å²) >= 11 is 0. The molecule has 0 bridgehead atoms.